The highest BCUT2D eigenvalue weighted by molar-refractivity contribution is 5.91. The van der Waals surface area contributed by atoms with Gasteiger partial charge in [0, 0.05) is 38.9 Å². The molecule has 27 heavy (non-hydrogen) atoms. The number of para-hydroxylation sites is 1. The summed E-state index contributed by atoms with van der Waals surface area (Å²) in [6, 6.07) is 6.04. The van der Waals surface area contributed by atoms with Crippen LogP contribution in [-0.2, 0) is 9.53 Å². The molecule has 3 fully saturated rings. The van der Waals surface area contributed by atoms with Crippen LogP contribution < -0.4 is 5.32 Å². The van der Waals surface area contributed by atoms with Gasteiger partial charge < -0.3 is 19.9 Å². The summed E-state index contributed by atoms with van der Waals surface area (Å²) in [6.07, 6.45) is 4.23. The summed E-state index contributed by atoms with van der Waals surface area (Å²) in [5.74, 6) is -0.277. The number of hydrogen-bond donors (Lipinski definition) is 1. The van der Waals surface area contributed by atoms with Gasteiger partial charge in [-0.05, 0) is 44.2 Å². The van der Waals surface area contributed by atoms with E-state index in [0.29, 0.717) is 32.7 Å². The minimum atomic E-state index is -0.483. The Morgan fingerprint density at radius 1 is 1.19 bits per heavy atom. The number of nitrogens with zero attached hydrogens (tertiary/aromatic N) is 2. The standard InChI is InChI=1S/C20H26FN3O3/c21-16-4-1-2-5-17(16)22-19(26)23-11-9-20(14-23)8-3-10-24(18(20)25)15-6-12-27-13-7-15/h1-2,4-5,15H,3,6-14H2,(H,22,26)/t20-/m0/s1. The number of benzene rings is 1. The fraction of sp³-hybridized carbons (Fsp3) is 0.600. The molecule has 1 aromatic rings. The fourth-order valence-electron chi connectivity index (χ4n) is 4.63. The number of hydrogen-bond acceptors (Lipinski definition) is 3. The van der Waals surface area contributed by atoms with Gasteiger partial charge in [0.25, 0.3) is 0 Å². The summed E-state index contributed by atoms with van der Waals surface area (Å²) < 4.78 is 19.2. The van der Waals surface area contributed by atoms with Crippen molar-refractivity contribution >= 4 is 17.6 Å². The minimum absolute atomic E-state index is 0.169. The molecule has 0 aromatic heterocycles. The number of piperidine rings is 1. The molecule has 146 valence electrons. The number of carbonyl (C=O) groups excluding carboxylic acids is 2. The quantitative estimate of drug-likeness (QED) is 0.865. The highest BCUT2D eigenvalue weighted by atomic mass is 19.1. The zero-order chi connectivity index (χ0) is 18.9. The van der Waals surface area contributed by atoms with E-state index in [1.165, 1.54) is 12.1 Å². The molecule has 6 nitrogen and oxygen atoms in total. The van der Waals surface area contributed by atoms with Gasteiger partial charge in [-0.25, -0.2) is 9.18 Å². The summed E-state index contributed by atoms with van der Waals surface area (Å²) >= 11 is 0. The van der Waals surface area contributed by atoms with E-state index in [1.807, 2.05) is 4.90 Å². The first-order valence-electron chi connectivity index (χ1n) is 9.78. The van der Waals surface area contributed by atoms with Crippen LogP contribution in [0.2, 0.25) is 0 Å². The Labute approximate surface area is 158 Å². The van der Waals surface area contributed by atoms with Crippen LogP contribution in [0, 0.1) is 11.2 Å². The lowest BCUT2D eigenvalue weighted by Crippen LogP contribution is -2.55. The smallest absolute Gasteiger partial charge is 0.321 e. The third-order valence-corrected chi connectivity index (χ3v) is 6.16. The number of carbonyl (C=O) groups is 2. The number of likely N-dealkylation sites (tertiary alicyclic amines) is 2. The summed E-state index contributed by atoms with van der Waals surface area (Å²) in [6.45, 7) is 3.14. The third kappa shape index (κ3) is 3.52. The Morgan fingerprint density at radius 3 is 2.74 bits per heavy atom. The molecule has 1 atom stereocenters. The average molecular weight is 375 g/mol. The normalized spacial score (nSPS) is 26.6. The molecule has 1 aromatic carbocycles. The highest BCUT2D eigenvalue weighted by Crippen LogP contribution is 2.41. The number of rotatable bonds is 2. The number of amides is 3. The van der Waals surface area contributed by atoms with Gasteiger partial charge in [-0.2, -0.15) is 0 Å². The second-order valence-corrected chi connectivity index (χ2v) is 7.81. The lowest BCUT2D eigenvalue weighted by molar-refractivity contribution is -0.150. The molecular formula is C20H26FN3O3. The molecule has 7 heteroatoms. The second kappa shape index (κ2) is 7.46. The number of urea groups is 1. The van der Waals surface area contributed by atoms with E-state index >= 15 is 0 Å². The van der Waals surface area contributed by atoms with E-state index < -0.39 is 11.2 Å². The number of halogens is 1. The van der Waals surface area contributed by atoms with E-state index in [9.17, 15) is 14.0 Å². The number of ether oxygens (including phenoxy) is 1. The summed E-state index contributed by atoms with van der Waals surface area (Å²) in [4.78, 5) is 29.6. The van der Waals surface area contributed by atoms with E-state index in [-0.39, 0.29) is 23.7 Å². The molecule has 0 aliphatic carbocycles. The maximum Gasteiger partial charge on any atom is 0.321 e. The van der Waals surface area contributed by atoms with Crippen molar-refractivity contribution in [1.29, 1.82) is 0 Å². The Kier molecular flexibility index (Phi) is 5.04. The Morgan fingerprint density at radius 2 is 1.96 bits per heavy atom. The molecule has 3 saturated heterocycles. The van der Waals surface area contributed by atoms with Gasteiger partial charge in [0.05, 0.1) is 11.1 Å². The van der Waals surface area contributed by atoms with Crippen molar-refractivity contribution < 1.29 is 18.7 Å². The van der Waals surface area contributed by atoms with Crippen LogP contribution in [0.25, 0.3) is 0 Å². The highest BCUT2D eigenvalue weighted by Gasteiger charge is 2.50. The Bertz CT molecular complexity index is 722. The molecule has 0 radical (unpaired) electrons. The molecule has 1 spiro atoms. The van der Waals surface area contributed by atoms with E-state index in [0.717, 1.165) is 32.2 Å². The molecule has 3 heterocycles. The topological polar surface area (TPSA) is 61.9 Å². The summed E-state index contributed by atoms with van der Waals surface area (Å²) in [5, 5.41) is 2.63. The lowest BCUT2D eigenvalue weighted by atomic mass is 9.77. The van der Waals surface area contributed by atoms with Crippen LogP contribution in [0.3, 0.4) is 0 Å². The van der Waals surface area contributed by atoms with Gasteiger partial charge in [0.15, 0.2) is 0 Å². The summed E-state index contributed by atoms with van der Waals surface area (Å²) in [7, 11) is 0. The SMILES string of the molecule is O=C(Nc1ccccc1F)N1CC[C@@]2(CCCN(C3CCOCC3)C2=O)C1. The average Bonchev–Trinajstić information content (AvgIpc) is 3.12. The van der Waals surface area contributed by atoms with Crippen molar-refractivity contribution in [2.75, 3.05) is 38.2 Å². The van der Waals surface area contributed by atoms with Gasteiger partial charge in [-0.3, -0.25) is 4.79 Å². The number of anilines is 1. The van der Waals surface area contributed by atoms with Crippen LogP contribution in [-0.4, -0.2) is 60.6 Å². The maximum absolute atomic E-state index is 13.8. The predicted octanol–water partition coefficient (Wildman–Crippen LogP) is 2.85. The van der Waals surface area contributed by atoms with Crippen LogP contribution in [0.5, 0.6) is 0 Å². The first-order valence-corrected chi connectivity index (χ1v) is 9.78. The van der Waals surface area contributed by atoms with Gasteiger partial charge in [0.2, 0.25) is 5.91 Å². The van der Waals surface area contributed by atoms with Crippen molar-refractivity contribution in [3.05, 3.63) is 30.1 Å². The van der Waals surface area contributed by atoms with E-state index in [4.69, 9.17) is 4.74 Å². The van der Waals surface area contributed by atoms with Crippen LogP contribution >= 0.6 is 0 Å². The van der Waals surface area contributed by atoms with Gasteiger partial charge in [-0.15, -0.1) is 0 Å². The van der Waals surface area contributed by atoms with Crippen molar-refractivity contribution in [2.24, 2.45) is 5.41 Å². The minimum Gasteiger partial charge on any atom is -0.381 e. The lowest BCUT2D eigenvalue weighted by Gasteiger charge is -2.44. The predicted molar refractivity (Wildman–Crippen MR) is 98.8 cm³/mol. The largest absolute Gasteiger partial charge is 0.381 e. The van der Waals surface area contributed by atoms with Crippen molar-refractivity contribution in [3.8, 4) is 0 Å². The van der Waals surface area contributed by atoms with Gasteiger partial charge in [-0.1, -0.05) is 12.1 Å². The fourth-order valence-corrected chi connectivity index (χ4v) is 4.63. The van der Waals surface area contributed by atoms with E-state index in [2.05, 4.69) is 5.32 Å². The maximum atomic E-state index is 13.8. The third-order valence-electron chi connectivity index (χ3n) is 6.16. The van der Waals surface area contributed by atoms with Crippen molar-refractivity contribution in [1.82, 2.24) is 9.80 Å². The van der Waals surface area contributed by atoms with Gasteiger partial charge in [0.1, 0.15) is 5.82 Å². The molecule has 3 amide bonds. The summed E-state index contributed by atoms with van der Waals surface area (Å²) in [5.41, 5.74) is -0.314. The molecule has 1 N–H and O–H groups in total. The Balaban J connectivity index is 1.43. The molecular weight excluding hydrogens is 349 g/mol. The molecule has 3 aliphatic rings. The van der Waals surface area contributed by atoms with Crippen LogP contribution in [0.4, 0.5) is 14.9 Å². The van der Waals surface area contributed by atoms with Crippen LogP contribution in [0.1, 0.15) is 32.1 Å². The van der Waals surface area contributed by atoms with Crippen molar-refractivity contribution in [2.45, 2.75) is 38.1 Å². The molecule has 4 rings (SSSR count). The first-order chi connectivity index (χ1) is 13.1. The van der Waals surface area contributed by atoms with Crippen LogP contribution in [0.15, 0.2) is 24.3 Å². The second-order valence-electron chi connectivity index (χ2n) is 7.81. The zero-order valence-corrected chi connectivity index (χ0v) is 15.5. The monoisotopic (exact) mass is 375 g/mol. The van der Waals surface area contributed by atoms with Gasteiger partial charge >= 0.3 is 6.03 Å². The van der Waals surface area contributed by atoms with E-state index in [1.54, 1.807) is 17.0 Å². The first kappa shape index (κ1) is 18.2. The molecule has 0 saturated carbocycles. The molecule has 3 aliphatic heterocycles. The van der Waals surface area contributed by atoms with Crippen molar-refractivity contribution in [3.63, 3.8) is 0 Å². The molecule has 0 unspecified atom stereocenters. The number of nitrogens with one attached hydrogen (secondary N) is 1. The zero-order valence-electron chi connectivity index (χ0n) is 15.5. The molecule has 0 bridgehead atoms. The Hall–Kier alpha value is -2.15.